The largest absolute Gasteiger partial charge is 0.341 e. The molecule has 0 aliphatic heterocycles. The summed E-state index contributed by atoms with van der Waals surface area (Å²) in [5.74, 6) is 0. The first kappa shape index (κ1) is 11.4. The molecule has 0 spiro atoms. The number of thiazole rings is 1. The molecule has 0 amide bonds. The first-order valence-electron chi connectivity index (χ1n) is 5.97. The molecule has 0 fully saturated rings. The van der Waals surface area contributed by atoms with Gasteiger partial charge in [0.1, 0.15) is 0 Å². The van der Waals surface area contributed by atoms with Crippen LogP contribution in [0, 0.1) is 0 Å². The maximum Gasteiger partial charge on any atom is 0.0795 e. The quantitative estimate of drug-likeness (QED) is 0.779. The lowest BCUT2D eigenvalue weighted by atomic mass is 10.1. The number of benzene rings is 1. The van der Waals surface area contributed by atoms with E-state index in [0.717, 1.165) is 18.8 Å². The fraction of sp³-hybridized carbons (Fsp3) is 0.214. The maximum absolute atomic E-state index is 4.34. The molecule has 0 atom stereocenters. The maximum atomic E-state index is 4.34. The highest BCUT2D eigenvalue weighted by molar-refractivity contribution is 7.07. The molecular weight excluding hydrogens is 242 g/mol. The Hall–Kier alpha value is -1.65. The topological polar surface area (TPSA) is 29.9 Å². The third-order valence-corrected chi connectivity index (χ3v) is 3.72. The minimum atomic E-state index is 0.843. The van der Waals surface area contributed by atoms with E-state index >= 15 is 0 Å². The van der Waals surface area contributed by atoms with Gasteiger partial charge in [0.15, 0.2) is 0 Å². The van der Waals surface area contributed by atoms with Crippen molar-refractivity contribution < 1.29 is 0 Å². The highest BCUT2D eigenvalue weighted by Gasteiger charge is 2.06. The van der Waals surface area contributed by atoms with Crippen LogP contribution < -0.4 is 5.32 Å². The molecule has 0 radical (unpaired) electrons. The summed E-state index contributed by atoms with van der Waals surface area (Å²) in [5, 5.41) is 6.63. The van der Waals surface area contributed by atoms with Gasteiger partial charge in [-0.3, -0.25) is 0 Å². The Kier molecular flexibility index (Phi) is 3.13. The lowest BCUT2D eigenvalue weighted by Gasteiger charge is -2.05. The van der Waals surface area contributed by atoms with Crippen molar-refractivity contribution in [2.75, 3.05) is 7.05 Å². The van der Waals surface area contributed by atoms with Crippen LogP contribution in [0.5, 0.6) is 0 Å². The number of nitrogens with zero attached hydrogens (tertiary/aromatic N) is 2. The number of rotatable bonds is 4. The van der Waals surface area contributed by atoms with Gasteiger partial charge in [-0.05, 0) is 24.7 Å². The van der Waals surface area contributed by atoms with Gasteiger partial charge in [0.2, 0.25) is 0 Å². The SMILES string of the molecule is CNCc1cccc2c1ccn2Cc1cscn1. The van der Waals surface area contributed by atoms with Gasteiger partial charge in [-0.25, -0.2) is 4.98 Å². The minimum absolute atomic E-state index is 0.843. The molecule has 0 unspecified atom stereocenters. The lowest BCUT2D eigenvalue weighted by Crippen LogP contribution is -2.05. The predicted molar refractivity (Wildman–Crippen MR) is 75.9 cm³/mol. The number of hydrogen-bond donors (Lipinski definition) is 1. The predicted octanol–water partition coefficient (Wildman–Crippen LogP) is 2.87. The van der Waals surface area contributed by atoms with Crippen LogP contribution in [-0.2, 0) is 13.1 Å². The zero-order valence-corrected chi connectivity index (χ0v) is 11.1. The van der Waals surface area contributed by atoms with Crippen LogP contribution in [0.4, 0.5) is 0 Å². The minimum Gasteiger partial charge on any atom is -0.341 e. The van der Waals surface area contributed by atoms with E-state index in [1.54, 1.807) is 11.3 Å². The van der Waals surface area contributed by atoms with Gasteiger partial charge < -0.3 is 9.88 Å². The molecule has 1 N–H and O–H groups in total. The lowest BCUT2D eigenvalue weighted by molar-refractivity contribution is 0.811. The second-order valence-electron chi connectivity index (χ2n) is 4.30. The fourth-order valence-corrected chi connectivity index (χ4v) is 2.81. The van der Waals surface area contributed by atoms with Gasteiger partial charge in [0, 0.05) is 29.0 Å². The summed E-state index contributed by atoms with van der Waals surface area (Å²) in [6, 6.07) is 8.65. The molecular formula is C14H15N3S. The van der Waals surface area contributed by atoms with E-state index in [1.807, 2.05) is 12.6 Å². The van der Waals surface area contributed by atoms with Crippen LogP contribution in [0.1, 0.15) is 11.3 Å². The smallest absolute Gasteiger partial charge is 0.0795 e. The van der Waals surface area contributed by atoms with Crippen molar-refractivity contribution in [3.05, 3.63) is 52.6 Å². The second kappa shape index (κ2) is 4.92. The van der Waals surface area contributed by atoms with Gasteiger partial charge in [-0.1, -0.05) is 12.1 Å². The van der Waals surface area contributed by atoms with Crippen molar-refractivity contribution in [1.82, 2.24) is 14.9 Å². The molecule has 2 heterocycles. The average Bonchev–Trinajstić information content (AvgIpc) is 3.01. The average molecular weight is 257 g/mol. The summed E-state index contributed by atoms with van der Waals surface area (Å²) in [6.07, 6.45) is 2.14. The molecule has 3 nitrogen and oxygen atoms in total. The highest BCUT2D eigenvalue weighted by Crippen LogP contribution is 2.21. The van der Waals surface area contributed by atoms with Crippen molar-refractivity contribution >= 4 is 22.2 Å². The molecule has 92 valence electrons. The van der Waals surface area contributed by atoms with Crippen molar-refractivity contribution in [2.24, 2.45) is 0 Å². The van der Waals surface area contributed by atoms with Gasteiger partial charge in [0.05, 0.1) is 17.7 Å². The summed E-state index contributed by atoms with van der Waals surface area (Å²) in [5.41, 5.74) is 5.62. The Bertz CT molecular complexity index is 640. The number of nitrogens with one attached hydrogen (secondary N) is 1. The molecule has 4 heteroatoms. The van der Waals surface area contributed by atoms with Crippen molar-refractivity contribution in [3.8, 4) is 0 Å². The first-order valence-corrected chi connectivity index (χ1v) is 6.91. The summed E-state index contributed by atoms with van der Waals surface area (Å²) in [7, 11) is 1.98. The molecule has 1 aromatic carbocycles. The van der Waals surface area contributed by atoms with Gasteiger partial charge in [0.25, 0.3) is 0 Å². The van der Waals surface area contributed by atoms with Crippen molar-refractivity contribution in [3.63, 3.8) is 0 Å². The zero-order valence-electron chi connectivity index (χ0n) is 10.3. The van der Waals surface area contributed by atoms with E-state index < -0.39 is 0 Å². The molecule has 2 aromatic heterocycles. The van der Waals surface area contributed by atoms with Crippen LogP contribution in [0.25, 0.3) is 10.9 Å². The Morgan fingerprint density at radius 2 is 2.28 bits per heavy atom. The van der Waals surface area contributed by atoms with E-state index in [9.17, 15) is 0 Å². The van der Waals surface area contributed by atoms with Gasteiger partial charge in [-0.2, -0.15) is 0 Å². The second-order valence-corrected chi connectivity index (χ2v) is 5.02. The molecule has 0 aliphatic carbocycles. The van der Waals surface area contributed by atoms with E-state index in [1.165, 1.54) is 16.5 Å². The molecule has 0 saturated heterocycles. The highest BCUT2D eigenvalue weighted by atomic mass is 32.1. The van der Waals surface area contributed by atoms with Crippen LogP contribution >= 0.6 is 11.3 Å². The Morgan fingerprint density at radius 3 is 3.06 bits per heavy atom. The molecule has 3 aromatic rings. The van der Waals surface area contributed by atoms with Crippen LogP contribution in [-0.4, -0.2) is 16.6 Å². The van der Waals surface area contributed by atoms with Crippen molar-refractivity contribution in [2.45, 2.75) is 13.1 Å². The monoisotopic (exact) mass is 257 g/mol. The van der Waals surface area contributed by atoms with E-state index in [0.29, 0.717) is 0 Å². The van der Waals surface area contributed by atoms with E-state index in [2.05, 4.69) is 50.7 Å². The summed E-state index contributed by atoms with van der Waals surface area (Å²) in [4.78, 5) is 4.34. The van der Waals surface area contributed by atoms with E-state index in [4.69, 9.17) is 0 Å². The molecule has 0 bridgehead atoms. The van der Waals surface area contributed by atoms with Crippen molar-refractivity contribution in [1.29, 1.82) is 0 Å². The third-order valence-electron chi connectivity index (χ3n) is 3.09. The Labute approximate surface area is 110 Å². The number of fused-ring (bicyclic) bond motifs is 1. The summed E-state index contributed by atoms with van der Waals surface area (Å²) in [6.45, 7) is 1.74. The van der Waals surface area contributed by atoms with Gasteiger partial charge >= 0.3 is 0 Å². The molecule has 3 rings (SSSR count). The normalized spacial score (nSPS) is 11.2. The molecule has 18 heavy (non-hydrogen) atoms. The third kappa shape index (κ3) is 2.05. The van der Waals surface area contributed by atoms with Crippen LogP contribution in [0.15, 0.2) is 41.4 Å². The fourth-order valence-electron chi connectivity index (χ4n) is 2.26. The van der Waals surface area contributed by atoms with Gasteiger partial charge in [-0.15, -0.1) is 11.3 Å². The summed E-state index contributed by atoms with van der Waals surface area (Å²) < 4.78 is 2.25. The standard InChI is InChI=1S/C14H15N3S/c1-15-7-11-3-2-4-14-13(11)5-6-17(14)8-12-9-18-10-16-12/h2-6,9-10,15H,7-8H2,1H3. The Morgan fingerprint density at radius 1 is 1.33 bits per heavy atom. The summed E-state index contributed by atoms with van der Waals surface area (Å²) >= 11 is 1.64. The Balaban J connectivity index is 2.01. The number of hydrogen-bond acceptors (Lipinski definition) is 3. The van der Waals surface area contributed by atoms with Crippen LogP contribution in [0.3, 0.4) is 0 Å². The number of aromatic nitrogens is 2. The molecule has 0 aliphatic rings. The zero-order chi connectivity index (χ0) is 12.4. The van der Waals surface area contributed by atoms with Crippen LogP contribution in [0.2, 0.25) is 0 Å². The van der Waals surface area contributed by atoms with E-state index in [-0.39, 0.29) is 0 Å². The first-order chi connectivity index (χ1) is 8.88. The molecule has 0 saturated carbocycles.